The lowest BCUT2D eigenvalue weighted by Crippen LogP contribution is -2.33. The minimum atomic E-state index is 0.246. The van der Waals surface area contributed by atoms with Crippen molar-refractivity contribution in [2.75, 3.05) is 20.2 Å². The van der Waals surface area contributed by atoms with Crippen molar-refractivity contribution in [1.82, 2.24) is 5.32 Å². The Bertz CT molecular complexity index is 398. The van der Waals surface area contributed by atoms with E-state index in [1.54, 1.807) is 7.11 Å². The van der Waals surface area contributed by atoms with Gasteiger partial charge in [-0.05, 0) is 54.6 Å². The molecule has 0 aromatic heterocycles. The van der Waals surface area contributed by atoms with Crippen LogP contribution in [0.4, 0.5) is 0 Å². The average molecular weight is 284 g/mol. The Kier molecular flexibility index (Phi) is 6.15. The van der Waals surface area contributed by atoms with Gasteiger partial charge in [0.1, 0.15) is 5.75 Å². The van der Waals surface area contributed by atoms with Crippen molar-refractivity contribution < 1.29 is 4.74 Å². The summed E-state index contributed by atoms with van der Waals surface area (Å²) in [6.07, 6.45) is 0.972. The van der Waals surface area contributed by atoms with E-state index in [2.05, 4.69) is 33.0 Å². The quantitative estimate of drug-likeness (QED) is 0.846. The zero-order valence-electron chi connectivity index (χ0n) is 12.7. The van der Waals surface area contributed by atoms with Gasteiger partial charge in [0, 0.05) is 5.02 Å². The highest BCUT2D eigenvalue weighted by atomic mass is 35.5. The van der Waals surface area contributed by atoms with Crippen molar-refractivity contribution >= 4 is 11.6 Å². The van der Waals surface area contributed by atoms with Crippen LogP contribution in [0, 0.1) is 11.3 Å². The summed E-state index contributed by atoms with van der Waals surface area (Å²) >= 11 is 6.10. The molecule has 1 atom stereocenters. The molecule has 0 amide bonds. The normalized spacial score (nSPS) is 13.4. The van der Waals surface area contributed by atoms with Gasteiger partial charge in [0.2, 0.25) is 0 Å². The fraction of sp³-hybridized carbons (Fsp3) is 0.625. The number of halogens is 1. The molecule has 0 bridgehead atoms. The van der Waals surface area contributed by atoms with Crippen molar-refractivity contribution in [3.8, 4) is 5.75 Å². The number of methoxy groups -OCH3 is 1. The highest BCUT2D eigenvalue weighted by molar-refractivity contribution is 6.30. The Morgan fingerprint density at radius 2 is 2.00 bits per heavy atom. The molecule has 0 heterocycles. The standard InChI is InChI=1S/C16H26ClNO/c1-6-18-11-13(16(2,3)4)9-12-10-14(17)7-8-15(12)19-5/h7-8,10,13,18H,6,9,11H2,1-5H3. The van der Waals surface area contributed by atoms with Gasteiger partial charge in [0.05, 0.1) is 7.11 Å². The van der Waals surface area contributed by atoms with Crippen LogP contribution in [-0.2, 0) is 6.42 Å². The van der Waals surface area contributed by atoms with Crippen LogP contribution in [0.5, 0.6) is 5.75 Å². The van der Waals surface area contributed by atoms with Gasteiger partial charge in [0.15, 0.2) is 0 Å². The third kappa shape index (κ3) is 5.04. The van der Waals surface area contributed by atoms with Gasteiger partial charge in [-0.2, -0.15) is 0 Å². The van der Waals surface area contributed by atoms with Gasteiger partial charge < -0.3 is 10.1 Å². The molecule has 1 rings (SSSR count). The molecule has 1 aromatic rings. The van der Waals surface area contributed by atoms with E-state index in [1.165, 1.54) is 5.56 Å². The van der Waals surface area contributed by atoms with E-state index in [-0.39, 0.29) is 5.41 Å². The Hall–Kier alpha value is -0.730. The minimum Gasteiger partial charge on any atom is -0.496 e. The average Bonchev–Trinajstić information content (AvgIpc) is 2.33. The molecular weight excluding hydrogens is 258 g/mol. The van der Waals surface area contributed by atoms with Crippen LogP contribution in [-0.4, -0.2) is 20.2 Å². The van der Waals surface area contributed by atoms with E-state index < -0.39 is 0 Å². The van der Waals surface area contributed by atoms with Crippen LogP contribution in [0.3, 0.4) is 0 Å². The van der Waals surface area contributed by atoms with Crippen molar-refractivity contribution in [3.05, 3.63) is 28.8 Å². The van der Waals surface area contributed by atoms with E-state index >= 15 is 0 Å². The number of nitrogens with one attached hydrogen (secondary N) is 1. The summed E-state index contributed by atoms with van der Waals surface area (Å²) < 4.78 is 5.44. The summed E-state index contributed by atoms with van der Waals surface area (Å²) in [6.45, 7) is 11.0. The highest BCUT2D eigenvalue weighted by Crippen LogP contribution is 2.32. The minimum absolute atomic E-state index is 0.246. The maximum Gasteiger partial charge on any atom is 0.122 e. The number of rotatable bonds is 6. The van der Waals surface area contributed by atoms with E-state index in [0.29, 0.717) is 5.92 Å². The Labute approximate surface area is 122 Å². The first kappa shape index (κ1) is 16.3. The van der Waals surface area contributed by atoms with Gasteiger partial charge >= 0.3 is 0 Å². The van der Waals surface area contributed by atoms with Crippen LogP contribution < -0.4 is 10.1 Å². The molecule has 0 spiro atoms. The topological polar surface area (TPSA) is 21.3 Å². The molecule has 2 nitrogen and oxygen atoms in total. The first-order chi connectivity index (χ1) is 8.88. The number of benzene rings is 1. The van der Waals surface area contributed by atoms with Gasteiger partial charge in [-0.3, -0.25) is 0 Å². The third-order valence-electron chi connectivity index (χ3n) is 3.57. The van der Waals surface area contributed by atoms with Gasteiger partial charge in [-0.1, -0.05) is 39.3 Å². The predicted octanol–water partition coefficient (Wildman–Crippen LogP) is 4.16. The molecule has 0 fully saturated rings. The molecule has 0 saturated carbocycles. The fourth-order valence-corrected chi connectivity index (χ4v) is 2.37. The second kappa shape index (κ2) is 7.16. The highest BCUT2D eigenvalue weighted by Gasteiger charge is 2.25. The van der Waals surface area contributed by atoms with Crippen LogP contribution in [0.2, 0.25) is 5.02 Å². The largest absolute Gasteiger partial charge is 0.496 e. The number of hydrogen-bond donors (Lipinski definition) is 1. The molecule has 0 saturated heterocycles. The zero-order chi connectivity index (χ0) is 14.5. The summed E-state index contributed by atoms with van der Waals surface area (Å²) in [5.74, 6) is 1.47. The summed E-state index contributed by atoms with van der Waals surface area (Å²) in [5, 5.41) is 4.22. The van der Waals surface area contributed by atoms with E-state index in [9.17, 15) is 0 Å². The molecule has 108 valence electrons. The monoisotopic (exact) mass is 283 g/mol. The smallest absolute Gasteiger partial charge is 0.122 e. The van der Waals surface area contributed by atoms with Crippen molar-refractivity contribution in [3.63, 3.8) is 0 Å². The predicted molar refractivity (Wildman–Crippen MR) is 83.2 cm³/mol. The maximum absolute atomic E-state index is 6.10. The van der Waals surface area contributed by atoms with E-state index in [0.717, 1.165) is 30.3 Å². The molecule has 1 unspecified atom stereocenters. The Morgan fingerprint density at radius 1 is 1.32 bits per heavy atom. The molecule has 0 aliphatic heterocycles. The lowest BCUT2D eigenvalue weighted by molar-refractivity contribution is 0.230. The second-order valence-corrected chi connectivity index (χ2v) is 6.47. The SMILES string of the molecule is CCNCC(Cc1cc(Cl)ccc1OC)C(C)(C)C. The Morgan fingerprint density at radius 3 is 2.53 bits per heavy atom. The van der Waals surface area contributed by atoms with Crippen LogP contribution >= 0.6 is 11.6 Å². The summed E-state index contributed by atoms with van der Waals surface area (Å²) in [6, 6.07) is 5.84. The molecule has 0 aliphatic carbocycles. The molecule has 0 radical (unpaired) electrons. The van der Waals surface area contributed by atoms with Crippen LogP contribution in [0.15, 0.2) is 18.2 Å². The Balaban J connectivity index is 2.92. The number of ether oxygens (including phenoxy) is 1. The van der Waals surface area contributed by atoms with Crippen molar-refractivity contribution in [2.24, 2.45) is 11.3 Å². The van der Waals surface area contributed by atoms with Crippen molar-refractivity contribution in [1.29, 1.82) is 0 Å². The van der Waals surface area contributed by atoms with Gasteiger partial charge in [-0.25, -0.2) is 0 Å². The summed E-state index contributed by atoms with van der Waals surface area (Å²) in [4.78, 5) is 0. The fourth-order valence-electron chi connectivity index (χ4n) is 2.18. The van der Waals surface area contributed by atoms with Crippen molar-refractivity contribution in [2.45, 2.75) is 34.1 Å². The lowest BCUT2D eigenvalue weighted by Gasteiger charge is -2.31. The molecule has 3 heteroatoms. The third-order valence-corrected chi connectivity index (χ3v) is 3.81. The first-order valence-electron chi connectivity index (χ1n) is 6.91. The van der Waals surface area contributed by atoms with Crippen LogP contribution in [0.1, 0.15) is 33.3 Å². The first-order valence-corrected chi connectivity index (χ1v) is 7.29. The molecule has 1 aromatic carbocycles. The lowest BCUT2D eigenvalue weighted by atomic mass is 9.77. The summed E-state index contributed by atoms with van der Waals surface area (Å²) in [7, 11) is 1.71. The number of hydrogen-bond acceptors (Lipinski definition) is 2. The second-order valence-electron chi connectivity index (χ2n) is 6.03. The molecule has 1 N–H and O–H groups in total. The van der Waals surface area contributed by atoms with Gasteiger partial charge in [-0.15, -0.1) is 0 Å². The summed E-state index contributed by atoms with van der Waals surface area (Å²) in [5.41, 5.74) is 1.43. The zero-order valence-corrected chi connectivity index (χ0v) is 13.5. The van der Waals surface area contributed by atoms with E-state index in [4.69, 9.17) is 16.3 Å². The molecule has 19 heavy (non-hydrogen) atoms. The molecular formula is C16H26ClNO. The van der Waals surface area contributed by atoms with Gasteiger partial charge in [0.25, 0.3) is 0 Å². The van der Waals surface area contributed by atoms with E-state index in [1.807, 2.05) is 18.2 Å². The maximum atomic E-state index is 6.10. The van der Waals surface area contributed by atoms with Crippen LogP contribution in [0.25, 0.3) is 0 Å². The molecule has 0 aliphatic rings.